The second-order valence-electron chi connectivity index (χ2n) is 2.07. The summed E-state index contributed by atoms with van der Waals surface area (Å²) in [6.45, 7) is 0. The van der Waals surface area contributed by atoms with Gasteiger partial charge in [-0.1, -0.05) is 0 Å². The molecule has 0 atom stereocenters. The molecule has 0 aliphatic rings. The molecule has 0 unspecified atom stereocenters. The van der Waals surface area contributed by atoms with Crippen LogP contribution in [0.15, 0.2) is 27.9 Å². The van der Waals surface area contributed by atoms with E-state index in [4.69, 9.17) is 10.2 Å². The van der Waals surface area contributed by atoms with E-state index in [1.807, 2.05) is 6.07 Å². The molecule has 0 aromatic carbocycles. The van der Waals surface area contributed by atoms with Gasteiger partial charge in [0.2, 0.25) is 0 Å². The van der Waals surface area contributed by atoms with Crippen LogP contribution in [-0.4, -0.2) is 12.2 Å². The van der Waals surface area contributed by atoms with Gasteiger partial charge in [0, 0.05) is 12.6 Å². The molecule has 0 radical (unpaired) electrons. The van der Waals surface area contributed by atoms with E-state index in [9.17, 15) is 4.79 Å². The number of carbonyl (C=O) groups excluding carboxylic acids is 1. The fourth-order valence-corrected chi connectivity index (χ4v) is 0.674. The average molecular weight is 167 g/mol. The van der Waals surface area contributed by atoms with Crippen LogP contribution in [-0.2, 0) is 6.42 Å². The van der Waals surface area contributed by atoms with E-state index in [0.717, 1.165) is 5.76 Å². The summed E-state index contributed by atoms with van der Waals surface area (Å²) < 4.78 is 5.01. The molecule has 1 aromatic heterocycles. The van der Waals surface area contributed by atoms with Crippen molar-refractivity contribution < 1.29 is 9.21 Å². The highest BCUT2D eigenvalue weighted by Crippen LogP contribution is 1.98. The summed E-state index contributed by atoms with van der Waals surface area (Å²) in [4.78, 5) is 10.1. The SMILES string of the molecule is NC(=O)NN=CCc1ccco1. The van der Waals surface area contributed by atoms with Crippen LogP contribution in [0.2, 0.25) is 0 Å². The first-order valence-electron chi connectivity index (χ1n) is 3.38. The van der Waals surface area contributed by atoms with Gasteiger partial charge in [0.1, 0.15) is 5.76 Å². The summed E-state index contributed by atoms with van der Waals surface area (Å²) >= 11 is 0. The monoisotopic (exact) mass is 167 g/mol. The van der Waals surface area contributed by atoms with Gasteiger partial charge in [0.25, 0.3) is 0 Å². The van der Waals surface area contributed by atoms with Crippen molar-refractivity contribution in [2.24, 2.45) is 10.8 Å². The smallest absolute Gasteiger partial charge is 0.332 e. The van der Waals surface area contributed by atoms with Gasteiger partial charge >= 0.3 is 6.03 Å². The van der Waals surface area contributed by atoms with Crippen molar-refractivity contribution in [3.05, 3.63) is 24.2 Å². The van der Waals surface area contributed by atoms with E-state index >= 15 is 0 Å². The maximum atomic E-state index is 10.1. The topological polar surface area (TPSA) is 80.6 Å². The van der Waals surface area contributed by atoms with Crippen molar-refractivity contribution in [2.45, 2.75) is 6.42 Å². The van der Waals surface area contributed by atoms with E-state index in [2.05, 4.69) is 10.5 Å². The fourth-order valence-electron chi connectivity index (χ4n) is 0.674. The Kier molecular flexibility index (Phi) is 2.89. The van der Waals surface area contributed by atoms with Crippen LogP contribution in [0.25, 0.3) is 0 Å². The van der Waals surface area contributed by atoms with Crippen molar-refractivity contribution in [1.29, 1.82) is 0 Å². The molecule has 0 saturated carbocycles. The lowest BCUT2D eigenvalue weighted by Crippen LogP contribution is -2.24. The maximum absolute atomic E-state index is 10.1. The van der Waals surface area contributed by atoms with Gasteiger partial charge in [-0.15, -0.1) is 0 Å². The number of primary amides is 1. The third kappa shape index (κ3) is 2.87. The Balaban J connectivity index is 2.26. The van der Waals surface area contributed by atoms with E-state index < -0.39 is 6.03 Å². The molecule has 5 heteroatoms. The number of amides is 2. The summed E-state index contributed by atoms with van der Waals surface area (Å²) in [5, 5.41) is 3.54. The second-order valence-corrected chi connectivity index (χ2v) is 2.07. The molecule has 5 nitrogen and oxygen atoms in total. The number of nitrogens with one attached hydrogen (secondary N) is 1. The number of rotatable bonds is 3. The molecular formula is C7H9N3O2. The van der Waals surface area contributed by atoms with Crippen LogP contribution in [0.4, 0.5) is 4.79 Å². The number of carbonyl (C=O) groups is 1. The number of furan rings is 1. The fraction of sp³-hybridized carbons (Fsp3) is 0.143. The first-order valence-corrected chi connectivity index (χ1v) is 3.38. The van der Waals surface area contributed by atoms with Crippen molar-refractivity contribution in [2.75, 3.05) is 0 Å². The van der Waals surface area contributed by atoms with E-state index in [1.165, 1.54) is 6.21 Å². The van der Waals surface area contributed by atoms with E-state index in [1.54, 1.807) is 12.3 Å². The van der Waals surface area contributed by atoms with Gasteiger partial charge in [-0.05, 0) is 12.1 Å². The first kappa shape index (κ1) is 8.32. The maximum Gasteiger partial charge on any atom is 0.332 e. The van der Waals surface area contributed by atoms with Gasteiger partial charge in [0.05, 0.1) is 6.26 Å². The Labute approximate surface area is 69.2 Å². The van der Waals surface area contributed by atoms with Gasteiger partial charge in [-0.3, -0.25) is 0 Å². The molecule has 0 spiro atoms. The highest BCUT2D eigenvalue weighted by molar-refractivity contribution is 5.73. The molecule has 1 rings (SSSR count). The number of nitrogens with two attached hydrogens (primary N) is 1. The molecule has 0 aliphatic carbocycles. The van der Waals surface area contributed by atoms with Gasteiger partial charge in [-0.25, -0.2) is 10.2 Å². The number of hydrogen-bond donors (Lipinski definition) is 2. The molecule has 1 aromatic rings. The summed E-state index contributed by atoms with van der Waals surface area (Å²) in [6, 6.07) is 2.92. The third-order valence-electron chi connectivity index (χ3n) is 1.14. The molecular weight excluding hydrogens is 158 g/mol. The number of hydrogen-bond acceptors (Lipinski definition) is 3. The summed E-state index contributed by atoms with van der Waals surface area (Å²) in [5.74, 6) is 0.782. The largest absolute Gasteiger partial charge is 0.469 e. The zero-order valence-electron chi connectivity index (χ0n) is 6.36. The third-order valence-corrected chi connectivity index (χ3v) is 1.14. The van der Waals surface area contributed by atoms with Crippen molar-refractivity contribution in [3.63, 3.8) is 0 Å². The van der Waals surface area contributed by atoms with Crippen molar-refractivity contribution in [3.8, 4) is 0 Å². The lowest BCUT2D eigenvalue weighted by atomic mass is 10.3. The van der Waals surface area contributed by atoms with Gasteiger partial charge in [0.15, 0.2) is 0 Å². The Morgan fingerprint density at radius 2 is 2.67 bits per heavy atom. The molecule has 3 N–H and O–H groups in total. The summed E-state index contributed by atoms with van der Waals surface area (Å²) in [6.07, 6.45) is 3.61. The van der Waals surface area contributed by atoms with Crippen LogP contribution in [0.1, 0.15) is 5.76 Å². The number of hydrazone groups is 1. The normalized spacial score (nSPS) is 10.3. The minimum Gasteiger partial charge on any atom is -0.469 e. The molecule has 64 valence electrons. The van der Waals surface area contributed by atoms with Crippen LogP contribution in [0, 0.1) is 0 Å². The quantitative estimate of drug-likeness (QED) is 0.507. The highest BCUT2D eigenvalue weighted by atomic mass is 16.3. The predicted molar refractivity (Wildman–Crippen MR) is 43.6 cm³/mol. The van der Waals surface area contributed by atoms with Gasteiger partial charge < -0.3 is 10.2 Å². The number of nitrogens with zero attached hydrogens (tertiary/aromatic N) is 1. The molecule has 0 fully saturated rings. The first-order chi connectivity index (χ1) is 5.79. The molecule has 1 heterocycles. The Morgan fingerprint density at radius 1 is 1.83 bits per heavy atom. The Morgan fingerprint density at radius 3 is 3.25 bits per heavy atom. The van der Waals surface area contributed by atoms with Crippen molar-refractivity contribution in [1.82, 2.24) is 5.43 Å². The Bertz CT molecular complexity index is 266. The molecule has 12 heavy (non-hydrogen) atoms. The zero-order chi connectivity index (χ0) is 8.81. The average Bonchev–Trinajstić information content (AvgIpc) is 2.49. The van der Waals surface area contributed by atoms with Crippen LogP contribution >= 0.6 is 0 Å². The zero-order valence-corrected chi connectivity index (χ0v) is 6.36. The van der Waals surface area contributed by atoms with Crippen LogP contribution in [0.3, 0.4) is 0 Å². The minimum absolute atomic E-state index is 0.535. The van der Waals surface area contributed by atoms with E-state index in [-0.39, 0.29) is 0 Å². The molecule has 0 bridgehead atoms. The summed E-state index contributed by atoms with van der Waals surface area (Å²) in [5.41, 5.74) is 6.84. The van der Waals surface area contributed by atoms with Crippen LogP contribution in [0.5, 0.6) is 0 Å². The number of urea groups is 1. The second kappa shape index (κ2) is 4.17. The van der Waals surface area contributed by atoms with Gasteiger partial charge in [-0.2, -0.15) is 5.10 Å². The van der Waals surface area contributed by atoms with Crippen molar-refractivity contribution >= 4 is 12.2 Å². The lowest BCUT2D eigenvalue weighted by Gasteiger charge is -1.89. The minimum atomic E-state index is -0.675. The molecule has 2 amide bonds. The molecule has 0 saturated heterocycles. The summed E-state index contributed by atoms with van der Waals surface area (Å²) in [7, 11) is 0. The highest BCUT2D eigenvalue weighted by Gasteiger charge is 1.90. The Hall–Kier alpha value is -1.78. The standard InChI is InChI=1S/C7H9N3O2/c8-7(11)10-9-4-3-6-2-1-5-12-6/h1-2,4-5H,3H2,(H3,8,10,11). The lowest BCUT2D eigenvalue weighted by molar-refractivity contribution is 0.249. The molecule has 0 aliphatic heterocycles. The van der Waals surface area contributed by atoms with Crippen LogP contribution < -0.4 is 11.2 Å². The predicted octanol–water partition coefficient (Wildman–Crippen LogP) is 0.476. The van der Waals surface area contributed by atoms with E-state index in [0.29, 0.717) is 6.42 Å².